The molecule has 128 valence electrons. The van der Waals surface area contributed by atoms with Crippen LogP contribution in [0, 0.1) is 11.6 Å². The lowest BCUT2D eigenvalue weighted by molar-refractivity contribution is 0.0601. The molecule has 2 aromatic carbocycles. The molecule has 0 spiro atoms. The molecule has 1 aromatic heterocycles. The first-order valence-corrected chi connectivity index (χ1v) is 7.65. The lowest BCUT2D eigenvalue weighted by atomic mass is 10.1. The number of carbonyl (C=O) groups excluding carboxylic acids is 1. The molecular formula is C19H15F2NO3. The summed E-state index contributed by atoms with van der Waals surface area (Å²) in [5, 5.41) is 0.442. The normalized spacial score (nSPS) is 10.7. The van der Waals surface area contributed by atoms with Crippen molar-refractivity contribution >= 4 is 16.9 Å². The monoisotopic (exact) mass is 343 g/mol. The Morgan fingerprint density at radius 3 is 2.48 bits per heavy atom. The quantitative estimate of drug-likeness (QED) is 0.660. The molecule has 0 aliphatic heterocycles. The van der Waals surface area contributed by atoms with Crippen LogP contribution in [0.25, 0.3) is 22.2 Å². The Kier molecular flexibility index (Phi) is 4.61. The topological polar surface area (TPSA) is 48.4 Å². The molecule has 0 N–H and O–H groups in total. The fraction of sp³-hybridized carbons (Fsp3) is 0.158. The molecule has 1 heterocycles. The summed E-state index contributed by atoms with van der Waals surface area (Å²) in [7, 11) is 1.28. The van der Waals surface area contributed by atoms with E-state index in [9.17, 15) is 13.6 Å². The molecule has 4 nitrogen and oxygen atoms in total. The highest BCUT2D eigenvalue weighted by atomic mass is 19.1. The highest BCUT2D eigenvalue weighted by Crippen LogP contribution is 2.34. The van der Waals surface area contributed by atoms with Crippen molar-refractivity contribution in [1.29, 1.82) is 0 Å². The molecule has 0 amide bonds. The molecule has 0 bridgehead atoms. The fourth-order valence-corrected chi connectivity index (χ4v) is 2.54. The minimum Gasteiger partial charge on any atom is -0.490 e. The summed E-state index contributed by atoms with van der Waals surface area (Å²) in [6.45, 7) is 2.00. The zero-order valence-corrected chi connectivity index (χ0v) is 13.7. The molecule has 0 atom stereocenters. The number of fused-ring (bicyclic) bond motifs is 1. The zero-order chi connectivity index (χ0) is 18.0. The molecule has 0 radical (unpaired) electrons. The van der Waals surface area contributed by atoms with E-state index < -0.39 is 17.6 Å². The minimum absolute atomic E-state index is 0.0259. The van der Waals surface area contributed by atoms with E-state index in [1.54, 1.807) is 13.0 Å². The Morgan fingerprint density at radius 2 is 1.84 bits per heavy atom. The van der Waals surface area contributed by atoms with E-state index in [1.807, 2.05) is 0 Å². The van der Waals surface area contributed by atoms with Crippen molar-refractivity contribution in [3.05, 3.63) is 59.7 Å². The summed E-state index contributed by atoms with van der Waals surface area (Å²) in [4.78, 5) is 16.0. The van der Waals surface area contributed by atoms with E-state index in [0.717, 1.165) is 0 Å². The van der Waals surface area contributed by atoms with Crippen LogP contribution < -0.4 is 4.74 Å². The van der Waals surface area contributed by atoms with E-state index in [2.05, 4.69) is 4.98 Å². The second-order valence-electron chi connectivity index (χ2n) is 5.27. The molecule has 0 saturated carbocycles. The first-order chi connectivity index (χ1) is 12.0. The van der Waals surface area contributed by atoms with Gasteiger partial charge in [-0.2, -0.15) is 0 Å². The van der Waals surface area contributed by atoms with Gasteiger partial charge in [-0.25, -0.2) is 18.6 Å². The second kappa shape index (κ2) is 6.84. The average molecular weight is 343 g/mol. The molecule has 0 fully saturated rings. The maximum atomic E-state index is 14.9. The van der Waals surface area contributed by atoms with Crippen LogP contribution in [0.5, 0.6) is 5.75 Å². The number of carbonyl (C=O) groups is 1. The zero-order valence-electron chi connectivity index (χ0n) is 13.7. The van der Waals surface area contributed by atoms with Crippen LogP contribution in [0.2, 0.25) is 0 Å². The van der Waals surface area contributed by atoms with Gasteiger partial charge in [0.25, 0.3) is 0 Å². The van der Waals surface area contributed by atoms with Crippen molar-refractivity contribution in [3.8, 4) is 17.0 Å². The molecule has 0 saturated heterocycles. The number of esters is 1. The number of ether oxygens (including phenoxy) is 2. The Hall–Kier alpha value is -3.02. The largest absolute Gasteiger partial charge is 0.490 e. The maximum Gasteiger partial charge on any atom is 0.337 e. The molecule has 0 aliphatic rings. The molecule has 25 heavy (non-hydrogen) atoms. The summed E-state index contributed by atoms with van der Waals surface area (Å²) in [6.07, 6.45) is 0. The lowest BCUT2D eigenvalue weighted by Crippen LogP contribution is -2.04. The number of nitrogens with zero attached hydrogens (tertiary/aromatic N) is 1. The first kappa shape index (κ1) is 16.8. The van der Waals surface area contributed by atoms with Crippen LogP contribution in [0.4, 0.5) is 8.78 Å². The highest BCUT2D eigenvalue weighted by Gasteiger charge is 2.19. The Labute approximate surface area is 143 Å². The van der Waals surface area contributed by atoms with Crippen molar-refractivity contribution in [3.63, 3.8) is 0 Å². The Morgan fingerprint density at radius 1 is 1.12 bits per heavy atom. The summed E-state index contributed by atoms with van der Waals surface area (Å²) in [5.41, 5.74) is 1.11. The van der Waals surface area contributed by atoms with Crippen LogP contribution in [0.3, 0.4) is 0 Å². The number of methoxy groups -OCH3 is 1. The van der Waals surface area contributed by atoms with Gasteiger partial charge >= 0.3 is 5.97 Å². The molecule has 0 unspecified atom stereocenters. The van der Waals surface area contributed by atoms with E-state index in [-0.39, 0.29) is 18.1 Å². The van der Waals surface area contributed by atoms with Crippen LogP contribution in [-0.2, 0) is 4.74 Å². The van der Waals surface area contributed by atoms with Gasteiger partial charge in [-0.1, -0.05) is 0 Å². The van der Waals surface area contributed by atoms with Gasteiger partial charge in [0.15, 0.2) is 11.6 Å². The summed E-state index contributed by atoms with van der Waals surface area (Å²) in [6, 6.07) is 9.93. The third-order valence-electron chi connectivity index (χ3n) is 3.71. The van der Waals surface area contributed by atoms with Gasteiger partial charge in [0.1, 0.15) is 11.5 Å². The summed E-state index contributed by atoms with van der Waals surface area (Å²) in [5.74, 6) is -1.53. The van der Waals surface area contributed by atoms with E-state index >= 15 is 0 Å². The number of hydrogen-bond acceptors (Lipinski definition) is 4. The predicted molar refractivity (Wildman–Crippen MR) is 89.6 cm³/mol. The molecule has 6 heteroatoms. The molecule has 0 aliphatic carbocycles. The van der Waals surface area contributed by atoms with Crippen molar-refractivity contribution in [1.82, 2.24) is 4.98 Å². The number of halogens is 2. The third-order valence-corrected chi connectivity index (χ3v) is 3.71. The van der Waals surface area contributed by atoms with Crippen molar-refractivity contribution in [2.24, 2.45) is 0 Å². The van der Waals surface area contributed by atoms with Gasteiger partial charge in [-0.3, -0.25) is 0 Å². The van der Waals surface area contributed by atoms with Gasteiger partial charge in [-0.15, -0.1) is 0 Å². The number of pyridine rings is 1. The van der Waals surface area contributed by atoms with Gasteiger partial charge in [-0.05, 0) is 49.4 Å². The molecule has 3 aromatic rings. The van der Waals surface area contributed by atoms with Crippen LogP contribution in [-0.4, -0.2) is 24.7 Å². The number of aromatic nitrogens is 1. The SMILES string of the molecule is CCOc1c(F)c(-c2ccc(F)cc2)nc2cc(C(=O)OC)ccc12. The molecule has 3 rings (SSSR count). The van der Waals surface area contributed by atoms with Crippen LogP contribution >= 0.6 is 0 Å². The van der Waals surface area contributed by atoms with Crippen LogP contribution in [0.1, 0.15) is 17.3 Å². The maximum absolute atomic E-state index is 14.9. The Balaban J connectivity index is 2.27. The second-order valence-corrected chi connectivity index (χ2v) is 5.27. The van der Waals surface area contributed by atoms with E-state index in [0.29, 0.717) is 22.0 Å². The summed E-state index contributed by atoms with van der Waals surface area (Å²) >= 11 is 0. The highest BCUT2D eigenvalue weighted by molar-refractivity contribution is 5.96. The first-order valence-electron chi connectivity index (χ1n) is 7.65. The fourth-order valence-electron chi connectivity index (χ4n) is 2.54. The third kappa shape index (κ3) is 3.15. The standard InChI is InChI=1S/C19H15F2NO3/c1-3-25-18-14-9-6-12(19(23)24-2)10-15(14)22-17(16(18)21)11-4-7-13(20)8-5-11/h4-10H,3H2,1-2H3. The average Bonchev–Trinajstić information content (AvgIpc) is 2.63. The van der Waals surface area contributed by atoms with Gasteiger partial charge in [0.2, 0.25) is 0 Å². The Bertz CT molecular complexity index is 940. The van der Waals surface area contributed by atoms with Gasteiger partial charge in [0.05, 0.1) is 24.8 Å². The van der Waals surface area contributed by atoms with Crippen molar-refractivity contribution in [2.75, 3.05) is 13.7 Å². The smallest absolute Gasteiger partial charge is 0.337 e. The number of benzene rings is 2. The number of rotatable bonds is 4. The predicted octanol–water partition coefficient (Wildman–Crippen LogP) is 4.37. The van der Waals surface area contributed by atoms with Gasteiger partial charge in [0, 0.05) is 10.9 Å². The summed E-state index contributed by atoms with van der Waals surface area (Å²) < 4.78 is 38.2. The van der Waals surface area contributed by atoms with Crippen molar-refractivity contribution < 1.29 is 23.0 Å². The van der Waals surface area contributed by atoms with Gasteiger partial charge < -0.3 is 9.47 Å². The lowest BCUT2D eigenvalue weighted by Gasteiger charge is -2.13. The van der Waals surface area contributed by atoms with E-state index in [4.69, 9.17) is 9.47 Å². The number of hydrogen-bond donors (Lipinski definition) is 0. The van der Waals surface area contributed by atoms with E-state index in [1.165, 1.54) is 43.5 Å². The molecular weight excluding hydrogens is 328 g/mol. The van der Waals surface area contributed by atoms with Crippen molar-refractivity contribution in [2.45, 2.75) is 6.92 Å². The van der Waals surface area contributed by atoms with Crippen LogP contribution in [0.15, 0.2) is 42.5 Å². The minimum atomic E-state index is -0.633.